The van der Waals surface area contributed by atoms with Crippen LogP contribution in [0.1, 0.15) is 13.8 Å². The Balaban J connectivity index is 4.04. The summed E-state index contributed by atoms with van der Waals surface area (Å²) in [4.78, 5) is 23.5. The SMILES string of the molecule is CCN(CC(N)=O)CC(C)C(=O)NN. The van der Waals surface area contributed by atoms with Crippen LogP contribution >= 0.6 is 0 Å². The molecule has 0 heterocycles. The average Bonchev–Trinajstić information content (AvgIpc) is 2.14. The Hall–Kier alpha value is -1.14. The standard InChI is InChI=1S/C8H18N4O2/c1-3-12(5-7(9)13)4-6(2)8(14)11-10/h6H,3-5,10H2,1-2H3,(H2,9,13)(H,11,14). The summed E-state index contributed by atoms with van der Waals surface area (Å²) in [6.07, 6.45) is 0. The molecule has 6 nitrogen and oxygen atoms in total. The highest BCUT2D eigenvalue weighted by molar-refractivity contribution is 5.78. The molecule has 0 aliphatic rings. The average molecular weight is 202 g/mol. The van der Waals surface area contributed by atoms with Gasteiger partial charge in [-0.25, -0.2) is 5.84 Å². The molecule has 0 aliphatic heterocycles. The highest BCUT2D eigenvalue weighted by atomic mass is 16.2. The zero-order valence-electron chi connectivity index (χ0n) is 8.62. The summed E-state index contributed by atoms with van der Waals surface area (Å²) in [6.45, 7) is 4.95. The van der Waals surface area contributed by atoms with Crippen molar-refractivity contribution in [3.8, 4) is 0 Å². The van der Waals surface area contributed by atoms with Gasteiger partial charge in [-0.15, -0.1) is 0 Å². The van der Waals surface area contributed by atoms with E-state index in [4.69, 9.17) is 11.6 Å². The molecule has 0 spiro atoms. The highest BCUT2D eigenvalue weighted by Crippen LogP contribution is 1.99. The zero-order valence-corrected chi connectivity index (χ0v) is 8.62. The molecule has 0 radical (unpaired) electrons. The molecule has 0 aromatic carbocycles. The number of carbonyl (C=O) groups is 2. The van der Waals surface area contributed by atoms with Crippen molar-refractivity contribution in [3.05, 3.63) is 0 Å². The van der Waals surface area contributed by atoms with Gasteiger partial charge in [0.1, 0.15) is 0 Å². The van der Waals surface area contributed by atoms with Crippen molar-refractivity contribution in [2.75, 3.05) is 19.6 Å². The van der Waals surface area contributed by atoms with Gasteiger partial charge < -0.3 is 5.73 Å². The monoisotopic (exact) mass is 202 g/mol. The van der Waals surface area contributed by atoms with Crippen molar-refractivity contribution in [3.63, 3.8) is 0 Å². The van der Waals surface area contributed by atoms with Crippen LogP contribution < -0.4 is 17.0 Å². The van der Waals surface area contributed by atoms with Gasteiger partial charge in [0, 0.05) is 12.5 Å². The van der Waals surface area contributed by atoms with E-state index in [1.54, 1.807) is 11.8 Å². The van der Waals surface area contributed by atoms with Gasteiger partial charge in [-0.2, -0.15) is 0 Å². The molecule has 6 heteroatoms. The third kappa shape index (κ3) is 4.78. The number of hydrazine groups is 1. The second-order valence-electron chi connectivity index (χ2n) is 3.20. The number of nitrogens with one attached hydrogen (secondary N) is 1. The minimum atomic E-state index is -0.396. The quantitative estimate of drug-likeness (QED) is 0.275. The summed E-state index contributed by atoms with van der Waals surface area (Å²) in [5.74, 6) is 4.09. The Bertz CT molecular complexity index is 208. The smallest absolute Gasteiger partial charge is 0.237 e. The number of nitrogens with two attached hydrogens (primary N) is 2. The van der Waals surface area contributed by atoms with Gasteiger partial charge in [-0.3, -0.25) is 19.9 Å². The van der Waals surface area contributed by atoms with Crippen molar-refractivity contribution in [2.45, 2.75) is 13.8 Å². The minimum absolute atomic E-state index is 0.165. The van der Waals surface area contributed by atoms with E-state index in [9.17, 15) is 9.59 Å². The van der Waals surface area contributed by atoms with Crippen LogP contribution in [0, 0.1) is 5.92 Å². The van der Waals surface area contributed by atoms with Gasteiger partial charge in [0.2, 0.25) is 11.8 Å². The van der Waals surface area contributed by atoms with Crippen LogP contribution in [0.5, 0.6) is 0 Å². The summed E-state index contributed by atoms with van der Waals surface area (Å²) in [6, 6.07) is 0. The van der Waals surface area contributed by atoms with Crippen LogP contribution in [-0.2, 0) is 9.59 Å². The van der Waals surface area contributed by atoms with E-state index in [0.717, 1.165) is 0 Å². The number of carbonyl (C=O) groups excluding carboxylic acids is 2. The van der Waals surface area contributed by atoms with Crippen LogP contribution in [-0.4, -0.2) is 36.3 Å². The van der Waals surface area contributed by atoms with Crippen molar-refractivity contribution in [1.29, 1.82) is 0 Å². The minimum Gasteiger partial charge on any atom is -0.369 e. The van der Waals surface area contributed by atoms with Crippen molar-refractivity contribution < 1.29 is 9.59 Å². The fourth-order valence-electron chi connectivity index (χ4n) is 1.14. The third-order valence-corrected chi connectivity index (χ3v) is 1.95. The lowest BCUT2D eigenvalue weighted by Gasteiger charge is -2.21. The van der Waals surface area contributed by atoms with E-state index >= 15 is 0 Å². The van der Waals surface area contributed by atoms with Crippen LogP contribution in [0.2, 0.25) is 0 Å². The van der Waals surface area contributed by atoms with Gasteiger partial charge in [0.25, 0.3) is 0 Å². The fourth-order valence-corrected chi connectivity index (χ4v) is 1.14. The number of likely N-dealkylation sites (N-methyl/N-ethyl adjacent to an activating group) is 1. The molecule has 2 amide bonds. The summed E-state index contributed by atoms with van der Waals surface area (Å²) in [5.41, 5.74) is 7.11. The maximum absolute atomic E-state index is 11.1. The molecular weight excluding hydrogens is 184 g/mol. The van der Waals surface area contributed by atoms with Gasteiger partial charge in [0.15, 0.2) is 0 Å². The largest absolute Gasteiger partial charge is 0.369 e. The molecule has 5 N–H and O–H groups in total. The summed E-state index contributed by atoms with van der Waals surface area (Å²) in [7, 11) is 0. The second kappa shape index (κ2) is 6.33. The van der Waals surface area contributed by atoms with E-state index in [2.05, 4.69) is 5.43 Å². The first-order chi connectivity index (χ1) is 6.51. The molecule has 82 valence electrons. The van der Waals surface area contributed by atoms with Crippen LogP contribution in [0.25, 0.3) is 0 Å². The van der Waals surface area contributed by atoms with Crippen molar-refractivity contribution in [2.24, 2.45) is 17.5 Å². The topological polar surface area (TPSA) is 101 Å². The van der Waals surface area contributed by atoms with Crippen LogP contribution in [0.3, 0.4) is 0 Å². The molecule has 0 fully saturated rings. The first kappa shape index (κ1) is 12.9. The number of hydrogen-bond donors (Lipinski definition) is 3. The third-order valence-electron chi connectivity index (χ3n) is 1.95. The van der Waals surface area contributed by atoms with E-state index in [-0.39, 0.29) is 18.4 Å². The maximum Gasteiger partial charge on any atom is 0.237 e. The lowest BCUT2D eigenvalue weighted by atomic mass is 10.1. The molecule has 1 atom stereocenters. The molecule has 0 bridgehead atoms. The van der Waals surface area contributed by atoms with E-state index in [0.29, 0.717) is 13.1 Å². The Kier molecular flexibility index (Phi) is 5.82. The maximum atomic E-state index is 11.1. The second-order valence-corrected chi connectivity index (χ2v) is 3.20. The molecule has 0 aromatic heterocycles. The number of nitrogens with zero attached hydrogens (tertiary/aromatic N) is 1. The van der Waals surface area contributed by atoms with Crippen molar-refractivity contribution in [1.82, 2.24) is 10.3 Å². The number of amides is 2. The van der Waals surface area contributed by atoms with E-state index in [1.807, 2.05) is 6.92 Å². The fraction of sp³-hybridized carbons (Fsp3) is 0.750. The summed E-state index contributed by atoms with van der Waals surface area (Å²) in [5, 5.41) is 0. The molecule has 0 rings (SSSR count). The molecule has 0 aromatic rings. The molecule has 0 aliphatic carbocycles. The molecular formula is C8H18N4O2. The van der Waals surface area contributed by atoms with Gasteiger partial charge in [-0.05, 0) is 6.54 Å². The van der Waals surface area contributed by atoms with E-state index < -0.39 is 5.91 Å². The Labute approximate surface area is 83.6 Å². The lowest BCUT2D eigenvalue weighted by Crippen LogP contribution is -2.42. The molecule has 0 saturated heterocycles. The molecule has 0 saturated carbocycles. The molecule has 14 heavy (non-hydrogen) atoms. The van der Waals surface area contributed by atoms with E-state index in [1.165, 1.54) is 0 Å². The van der Waals surface area contributed by atoms with Gasteiger partial charge in [-0.1, -0.05) is 13.8 Å². The number of rotatable bonds is 6. The summed E-state index contributed by atoms with van der Waals surface area (Å²) >= 11 is 0. The normalized spacial score (nSPS) is 12.6. The number of primary amides is 1. The Morgan fingerprint density at radius 2 is 2.07 bits per heavy atom. The Morgan fingerprint density at radius 1 is 1.50 bits per heavy atom. The lowest BCUT2D eigenvalue weighted by molar-refractivity contribution is -0.126. The van der Waals surface area contributed by atoms with Crippen molar-refractivity contribution >= 4 is 11.8 Å². The first-order valence-electron chi connectivity index (χ1n) is 4.52. The summed E-state index contributed by atoms with van der Waals surface area (Å²) < 4.78 is 0. The zero-order chi connectivity index (χ0) is 11.1. The molecule has 1 unspecified atom stereocenters. The van der Waals surface area contributed by atoms with Gasteiger partial charge in [0.05, 0.1) is 6.54 Å². The first-order valence-corrected chi connectivity index (χ1v) is 4.52. The van der Waals surface area contributed by atoms with Crippen LogP contribution in [0.4, 0.5) is 0 Å². The number of hydrogen-bond acceptors (Lipinski definition) is 4. The Morgan fingerprint density at radius 3 is 2.43 bits per heavy atom. The van der Waals surface area contributed by atoms with Crippen LogP contribution in [0.15, 0.2) is 0 Å². The van der Waals surface area contributed by atoms with Gasteiger partial charge >= 0.3 is 0 Å². The highest BCUT2D eigenvalue weighted by Gasteiger charge is 2.16. The predicted octanol–water partition coefficient (Wildman–Crippen LogP) is -1.58. The predicted molar refractivity (Wildman–Crippen MR) is 52.8 cm³/mol.